The van der Waals surface area contributed by atoms with E-state index in [-0.39, 0.29) is 0 Å². The molecule has 1 aromatic heterocycles. The van der Waals surface area contributed by atoms with Gasteiger partial charge in [-0.25, -0.2) is 0 Å². The maximum absolute atomic E-state index is 10.3. The largest absolute Gasteiger partial charge is 0.507 e. The van der Waals surface area contributed by atoms with Crippen molar-refractivity contribution in [2.45, 2.75) is 0 Å². The number of benzene rings is 4. The maximum Gasteiger partial charge on any atom is 0.123 e. The van der Waals surface area contributed by atoms with Gasteiger partial charge in [-0.15, -0.1) is 0 Å². The Bertz CT molecular complexity index is 1240. The fraction of sp³-hybridized carbons (Fsp3) is 0. The van der Waals surface area contributed by atoms with Crippen molar-refractivity contribution >= 4 is 21.8 Å². The summed E-state index contributed by atoms with van der Waals surface area (Å²) >= 11 is 0. The van der Waals surface area contributed by atoms with Crippen molar-refractivity contribution in [3.05, 3.63) is 97.1 Å². The van der Waals surface area contributed by atoms with Crippen LogP contribution in [-0.2, 0) is 0 Å². The lowest BCUT2D eigenvalue weighted by molar-refractivity contribution is 0.477. The molecule has 0 aliphatic rings. The smallest absolute Gasteiger partial charge is 0.123 e. The second kappa shape index (κ2) is 5.78. The van der Waals surface area contributed by atoms with E-state index in [1.54, 1.807) is 6.07 Å². The monoisotopic (exact) mass is 335 g/mol. The Balaban J connectivity index is 1.88. The van der Waals surface area contributed by atoms with E-state index in [9.17, 15) is 5.11 Å². The van der Waals surface area contributed by atoms with E-state index in [1.165, 1.54) is 16.3 Å². The van der Waals surface area contributed by atoms with E-state index in [4.69, 9.17) is 0 Å². The molecule has 0 saturated carbocycles. The molecule has 1 heterocycles. The molecular weight excluding hydrogens is 318 g/mol. The van der Waals surface area contributed by atoms with E-state index in [0.29, 0.717) is 5.75 Å². The Morgan fingerprint density at radius 3 is 2.12 bits per heavy atom. The second-order valence-electron chi connectivity index (χ2n) is 6.44. The van der Waals surface area contributed by atoms with Gasteiger partial charge in [0.25, 0.3) is 0 Å². The zero-order chi connectivity index (χ0) is 17.5. The van der Waals surface area contributed by atoms with Gasteiger partial charge >= 0.3 is 0 Å². The van der Waals surface area contributed by atoms with Crippen LogP contribution in [0.15, 0.2) is 97.1 Å². The number of phenolic OH excluding ortho intramolecular Hbond substituents is 1. The molecule has 0 aliphatic carbocycles. The quantitative estimate of drug-likeness (QED) is 0.411. The van der Waals surface area contributed by atoms with Crippen LogP contribution in [0.5, 0.6) is 5.75 Å². The van der Waals surface area contributed by atoms with Gasteiger partial charge in [0.2, 0.25) is 0 Å². The van der Waals surface area contributed by atoms with E-state index in [2.05, 4.69) is 71.3 Å². The third-order valence-corrected chi connectivity index (χ3v) is 4.90. The molecule has 0 bridgehead atoms. The Morgan fingerprint density at radius 2 is 1.27 bits per heavy atom. The highest BCUT2D eigenvalue weighted by Crippen LogP contribution is 2.36. The predicted octanol–water partition coefficient (Wildman–Crippen LogP) is 6.16. The fourth-order valence-electron chi connectivity index (χ4n) is 3.71. The Kier molecular flexibility index (Phi) is 3.29. The summed E-state index contributed by atoms with van der Waals surface area (Å²) in [6.07, 6.45) is 0. The molecule has 0 fully saturated rings. The number of phenols is 1. The summed E-state index contributed by atoms with van der Waals surface area (Å²) in [6.45, 7) is 0. The van der Waals surface area contributed by atoms with Crippen LogP contribution in [0.3, 0.4) is 0 Å². The van der Waals surface area contributed by atoms with Crippen molar-refractivity contribution in [1.82, 2.24) is 4.57 Å². The molecule has 2 heteroatoms. The number of nitrogens with zero attached hydrogens (tertiary/aromatic N) is 1. The molecule has 0 saturated heterocycles. The van der Waals surface area contributed by atoms with Crippen molar-refractivity contribution in [2.75, 3.05) is 0 Å². The summed E-state index contributed by atoms with van der Waals surface area (Å²) in [4.78, 5) is 0. The zero-order valence-corrected chi connectivity index (χ0v) is 14.1. The molecule has 2 nitrogen and oxygen atoms in total. The van der Waals surface area contributed by atoms with Crippen molar-refractivity contribution in [3.63, 3.8) is 0 Å². The lowest BCUT2D eigenvalue weighted by Crippen LogP contribution is -1.93. The topological polar surface area (TPSA) is 25.2 Å². The average Bonchev–Trinajstić information content (AvgIpc) is 3.02. The van der Waals surface area contributed by atoms with Crippen LogP contribution in [0, 0.1) is 0 Å². The lowest BCUT2D eigenvalue weighted by Gasteiger charge is -2.09. The normalized spacial score (nSPS) is 11.2. The summed E-state index contributed by atoms with van der Waals surface area (Å²) in [5.74, 6) is 0.300. The molecule has 0 atom stereocenters. The standard InChI is InChI=1S/C24H17NO/c26-24-13-7-5-10-19(24)17-14-15-21-20-11-4-6-12-22(20)25(23(21)16-17)18-8-2-1-3-9-18/h1-16,26H. The molecule has 0 radical (unpaired) electrons. The number of aromatic hydroxyl groups is 1. The first kappa shape index (κ1) is 14.8. The molecule has 0 unspecified atom stereocenters. The summed E-state index contributed by atoms with van der Waals surface area (Å²) in [5, 5.41) is 12.7. The number of para-hydroxylation sites is 3. The average molecular weight is 335 g/mol. The molecule has 0 amide bonds. The summed E-state index contributed by atoms with van der Waals surface area (Å²) in [7, 11) is 0. The van der Waals surface area contributed by atoms with Gasteiger partial charge in [0, 0.05) is 22.0 Å². The van der Waals surface area contributed by atoms with Gasteiger partial charge in [0.05, 0.1) is 11.0 Å². The molecule has 124 valence electrons. The summed E-state index contributed by atoms with van der Waals surface area (Å²) in [6, 6.07) is 32.7. The first-order chi connectivity index (χ1) is 12.8. The molecule has 26 heavy (non-hydrogen) atoms. The van der Waals surface area contributed by atoms with Crippen LogP contribution in [-0.4, -0.2) is 9.67 Å². The number of rotatable bonds is 2. The molecular formula is C24H17NO. The number of fused-ring (bicyclic) bond motifs is 3. The van der Waals surface area contributed by atoms with Crippen molar-refractivity contribution in [1.29, 1.82) is 0 Å². The SMILES string of the molecule is Oc1ccccc1-c1ccc2c3ccccc3n(-c3ccccc3)c2c1. The minimum Gasteiger partial charge on any atom is -0.507 e. The van der Waals surface area contributed by atoms with E-state index < -0.39 is 0 Å². The molecule has 5 aromatic rings. The van der Waals surface area contributed by atoms with Crippen molar-refractivity contribution < 1.29 is 5.11 Å². The van der Waals surface area contributed by atoms with Gasteiger partial charge in [-0.2, -0.15) is 0 Å². The van der Waals surface area contributed by atoms with Gasteiger partial charge in [0.15, 0.2) is 0 Å². The molecule has 0 spiro atoms. The minimum absolute atomic E-state index is 0.300. The number of aromatic nitrogens is 1. The number of hydrogen-bond donors (Lipinski definition) is 1. The number of hydrogen-bond acceptors (Lipinski definition) is 1. The van der Waals surface area contributed by atoms with Crippen LogP contribution in [0.25, 0.3) is 38.6 Å². The molecule has 4 aromatic carbocycles. The Morgan fingerprint density at radius 1 is 0.577 bits per heavy atom. The molecule has 1 N–H and O–H groups in total. The highest BCUT2D eigenvalue weighted by molar-refractivity contribution is 6.10. The first-order valence-corrected chi connectivity index (χ1v) is 8.70. The highest BCUT2D eigenvalue weighted by atomic mass is 16.3. The van der Waals surface area contributed by atoms with Crippen molar-refractivity contribution in [3.8, 4) is 22.6 Å². The van der Waals surface area contributed by atoms with Gasteiger partial charge < -0.3 is 9.67 Å². The highest BCUT2D eigenvalue weighted by Gasteiger charge is 2.13. The third-order valence-electron chi connectivity index (χ3n) is 4.90. The second-order valence-corrected chi connectivity index (χ2v) is 6.44. The van der Waals surface area contributed by atoms with Gasteiger partial charge in [0.1, 0.15) is 5.75 Å². The molecule has 0 aliphatic heterocycles. The zero-order valence-electron chi connectivity index (χ0n) is 14.1. The summed E-state index contributed by atoms with van der Waals surface area (Å²) < 4.78 is 2.29. The van der Waals surface area contributed by atoms with Crippen molar-refractivity contribution in [2.24, 2.45) is 0 Å². The first-order valence-electron chi connectivity index (χ1n) is 8.70. The fourth-order valence-corrected chi connectivity index (χ4v) is 3.71. The van der Waals surface area contributed by atoms with E-state index in [0.717, 1.165) is 22.3 Å². The van der Waals surface area contributed by atoms with E-state index >= 15 is 0 Å². The van der Waals surface area contributed by atoms with Gasteiger partial charge in [-0.05, 0) is 35.9 Å². The maximum atomic E-state index is 10.3. The minimum atomic E-state index is 0.300. The predicted molar refractivity (Wildman–Crippen MR) is 108 cm³/mol. The van der Waals surface area contributed by atoms with Crippen LogP contribution < -0.4 is 0 Å². The molecule has 5 rings (SSSR count). The van der Waals surface area contributed by atoms with Gasteiger partial charge in [-0.3, -0.25) is 0 Å². The Labute approximate surface area is 151 Å². The van der Waals surface area contributed by atoms with Crippen LogP contribution in [0.1, 0.15) is 0 Å². The van der Waals surface area contributed by atoms with E-state index in [1.807, 2.05) is 24.3 Å². The van der Waals surface area contributed by atoms with Crippen LogP contribution in [0.4, 0.5) is 0 Å². The van der Waals surface area contributed by atoms with Crippen LogP contribution in [0.2, 0.25) is 0 Å². The summed E-state index contributed by atoms with van der Waals surface area (Å²) in [5.41, 5.74) is 5.31. The lowest BCUT2D eigenvalue weighted by atomic mass is 10.0. The third kappa shape index (κ3) is 2.20. The van der Waals surface area contributed by atoms with Gasteiger partial charge in [-0.1, -0.05) is 66.7 Å². The Hall–Kier alpha value is -3.52. The van der Waals surface area contributed by atoms with Crippen LogP contribution >= 0.6 is 0 Å².